The number of aliphatic hydroxyl groups is 1. The van der Waals surface area contributed by atoms with Crippen LogP contribution in [0.15, 0.2) is 18.2 Å². The zero-order chi connectivity index (χ0) is 23.7. The number of likely N-dealkylation sites (tertiary alicyclic amines) is 1. The van der Waals surface area contributed by atoms with Crippen LogP contribution in [0.1, 0.15) is 61.9 Å². The molecule has 33 heavy (non-hydrogen) atoms. The second-order valence-electron chi connectivity index (χ2n) is 9.40. The van der Waals surface area contributed by atoms with Crippen molar-refractivity contribution >= 4 is 23.6 Å². The van der Waals surface area contributed by atoms with Crippen LogP contribution in [0.2, 0.25) is 0 Å². The van der Waals surface area contributed by atoms with E-state index in [-0.39, 0.29) is 42.6 Å². The molecular formula is C24H31N3O6. The molecule has 3 aliphatic heterocycles. The molecule has 0 aromatic heterocycles. The zero-order valence-corrected chi connectivity index (χ0v) is 19.1. The molecule has 0 aliphatic carbocycles. The highest BCUT2D eigenvalue weighted by Gasteiger charge is 2.39. The van der Waals surface area contributed by atoms with Crippen molar-refractivity contribution in [3.8, 4) is 5.75 Å². The van der Waals surface area contributed by atoms with Gasteiger partial charge in [-0.1, -0.05) is 13.8 Å². The molecule has 9 heteroatoms. The lowest BCUT2D eigenvalue weighted by Crippen LogP contribution is -2.52. The average Bonchev–Trinajstić information content (AvgIpc) is 3.12. The predicted octanol–water partition coefficient (Wildman–Crippen LogP) is 1.22. The van der Waals surface area contributed by atoms with Crippen molar-refractivity contribution in [3.05, 3.63) is 29.3 Å². The Morgan fingerprint density at radius 1 is 1.21 bits per heavy atom. The summed E-state index contributed by atoms with van der Waals surface area (Å²) in [7, 11) is 0. The number of benzene rings is 1. The van der Waals surface area contributed by atoms with Crippen LogP contribution in [-0.2, 0) is 20.9 Å². The number of nitrogens with zero attached hydrogens (tertiary/aromatic N) is 2. The molecule has 0 saturated carbocycles. The maximum Gasteiger partial charge on any atom is 0.255 e. The number of aliphatic hydroxyl groups excluding tert-OH is 1. The molecule has 9 nitrogen and oxygen atoms in total. The molecule has 2 saturated heterocycles. The predicted molar refractivity (Wildman–Crippen MR) is 118 cm³/mol. The molecule has 0 spiro atoms. The summed E-state index contributed by atoms with van der Waals surface area (Å²) in [5, 5.41) is 12.5. The van der Waals surface area contributed by atoms with Crippen LogP contribution in [0.4, 0.5) is 0 Å². The summed E-state index contributed by atoms with van der Waals surface area (Å²) >= 11 is 0. The van der Waals surface area contributed by atoms with Gasteiger partial charge in [0, 0.05) is 25.1 Å². The first-order chi connectivity index (χ1) is 15.8. The number of hydrogen-bond donors (Lipinski definition) is 2. The summed E-state index contributed by atoms with van der Waals surface area (Å²) in [6.45, 7) is 4.84. The molecule has 0 radical (unpaired) electrons. The molecule has 3 atom stereocenters. The van der Waals surface area contributed by atoms with Crippen molar-refractivity contribution < 1.29 is 29.0 Å². The topological polar surface area (TPSA) is 116 Å². The van der Waals surface area contributed by atoms with Gasteiger partial charge < -0.3 is 19.6 Å². The van der Waals surface area contributed by atoms with Crippen LogP contribution in [-0.4, -0.2) is 69.9 Å². The quantitative estimate of drug-likeness (QED) is 0.621. The third kappa shape index (κ3) is 4.73. The average molecular weight is 458 g/mol. The minimum absolute atomic E-state index is 0.116. The summed E-state index contributed by atoms with van der Waals surface area (Å²) in [6, 6.07) is 4.46. The lowest BCUT2D eigenvalue weighted by Gasteiger charge is -2.37. The van der Waals surface area contributed by atoms with Crippen LogP contribution in [0, 0.1) is 5.92 Å². The van der Waals surface area contributed by atoms with E-state index in [1.165, 1.54) is 4.90 Å². The molecule has 1 unspecified atom stereocenters. The second kappa shape index (κ2) is 9.51. The van der Waals surface area contributed by atoms with Crippen molar-refractivity contribution in [2.75, 3.05) is 13.2 Å². The van der Waals surface area contributed by atoms with Crippen molar-refractivity contribution in [2.45, 2.75) is 70.7 Å². The van der Waals surface area contributed by atoms with Gasteiger partial charge in [-0.25, -0.2) is 0 Å². The highest BCUT2D eigenvalue weighted by Crippen LogP contribution is 2.30. The monoisotopic (exact) mass is 457 g/mol. The first-order valence-corrected chi connectivity index (χ1v) is 11.6. The maximum atomic E-state index is 12.8. The molecule has 4 rings (SSSR count). The smallest absolute Gasteiger partial charge is 0.255 e. The number of imide groups is 1. The van der Waals surface area contributed by atoms with Crippen molar-refractivity contribution in [3.63, 3.8) is 0 Å². The van der Waals surface area contributed by atoms with Crippen LogP contribution in [0.25, 0.3) is 0 Å². The number of carbonyl (C=O) groups is 4. The van der Waals surface area contributed by atoms with Crippen LogP contribution < -0.4 is 10.1 Å². The van der Waals surface area contributed by atoms with Crippen molar-refractivity contribution in [1.29, 1.82) is 0 Å². The van der Waals surface area contributed by atoms with E-state index in [1.54, 1.807) is 23.1 Å². The zero-order valence-electron chi connectivity index (χ0n) is 19.1. The second-order valence-corrected chi connectivity index (χ2v) is 9.40. The van der Waals surface area contributed by atoms with Gasteiger partial charge in [0.15, 0.2) is 0 Å². The van der Waals surface area contributed by atoms with Gasteiger partial charge in [0.25, 0.3) is 11.8 Å². The van der Waals surface area contributed by atoms with E-state index in [9.17, 15) is 24.3 Å². The SMILES string of the molecule is CC(C)[C@@H](O)C(=O)N1CCCC[C@@H]1COc1ccc2c(c1)CN(C1CCC(=O)NC1=O)C2=O. The Bertz CT molecular complexity index is 962. The summed E-state index contributed by atoms with van der Waals surface area (Å²) < 4.78 is 6.01. The molecule has 3 heterocycles. The Balaban J connectivity index is 1.41. The van der Waals surface area contributed by atoms with Gasteiger partial charge in [0.05, 0.1) is 6.04 Å². The number of piperidine rings is 2. The third-order valence-electron chi connectivity index (χ3n) is 6.73. The fourth-order valence-corrected chi connectivity index (χ4v) is 4.75. The molecule has 4 amide bonds. The third-order valence-corrected chi connectivity index (χ3v) is 6.73. The van der Waals surface area contributed by atoms with E-state index in [0.29, 0.717) is 30.9 Å². The Kier molecular flexibility index (Phi) is 6.69. The molecule has 3 aliphatic rings. The molecule has 178 valence electrons. The van der Waals surface area contributed by atoms with E-state index in [4.69, 9.17) is 4.74 Å². The van der Waals surface area contributed by atoms with Gasteiger partial charge in [-0.15, -0.1) is 0 Å². The van der Waals surface area contributed by atoms with E-state index in [2.05, 4.69) is 5.32 Å². The molecule has 0 bridgehead atoms. The van der Waals surface area contributed by atoms with Gasteiger partial charge in [0.1, 0.15) is 24.5 Å². The Morgan fingerprint density at radius 2 is 2.00 bits per heavy atom. The van der Waals surface area contributed by atoms with Gasteiger partial charge in [-0.05, 0) is 55.4 Å². The Hall–Kier alpha value is -2.94. The fourth-order valence-electron chi connectivity index (χ4n) is 4.75. The molecular weight excluding hydrogens is 426 g/mol. The number of carbonyl (C=O) groups excluding carboxylic acids is 4. The number of nitrogens with one attached hydrogen (secondary N) is 1. The first-order valence-electron chi connectivity index (χ1n) is 11.6. The highest BCUT2D eigenvalue weighted by molar-refractivity contribution is 6.05. The Labute approximate surface area is 193 Å². The standard InChI is InChI=1S/C24H31N3O6/c1-14(2)21(29)24(32)26-10-4-3-5-16(26)13-33-17-6-7-18-15(11-17)12-27(23(18)31)19-8-9-20(28)25-22(19)30/h6-7,11,14,16,19,21,29H,3-5,8-10,12-13H2,1-2H3,(H,25,28,30)/t16-,19?,21-/m1/s1. The lowest BCUT2D eigenvalue weighted by atomic mass is 9.99. The van der Waals surface area contributed by atoms with Crippen LogP contribution in [0.5, 0.6) is 5.75 Å². The van der Waals surface area contributed by atoms with E-state index < -0.39 is 18.1 Å². The van der Waals surface area contributed by atoms with Crippen molar-refractivity contribution in [2.24, 2.45) is 5.92 Å². The number of fused-ring (bicyclic) bond motifs is 1. The number of amides is 4. The minimum Gasteiger partial charge on any atom is -0.491 e. The Morgan fingerprint density at radius 3 is 2.73 bits per heavy atom. The first kappa shape index (κ1) is 23.2. The van der Waals surface area contributed by atoms with Crippen LogP contribution >= 0.6 is 0 Å². The summed E-state index contributed by atoms with van der Waals surface area (Å²) in [5.74, 6) is -0.783. The molecule has 1 aromatic carbocycles. The van der Waals surface area contributed by atoms with E-state index in [1.807, 2.05) is 13.8 Å². The number of ether oxygens (including phenoxy) is 1. The highest BCUT2D eigenvalue weighted by atomic mass is 16.5. The van der Waals surface area contributed by atoms with Gasteiger partial charge in [-0.3, -0.25) is 24.5 Å². The molecule has 2 fully saturated rings. The maximum absolute atomic E-state index is 12.8. The van der Waals surface area contributed by atoms with E-state index >= 15 is 0 Å². The fraction of sp³-hybridized carbons (Fsp3) is 0.583. The molecule has 2 N–H and O–H groups in total. The van der Waals surface area contributed by atoms with Gasteiger partial charge in [0.2, 0.25) is 11.8 Å². The van der Waals surface area contributed by atoms with Gasteiger partial charge in [-0.2, -0.15) is 0 Å². The minimum atomic E-state index is -1.02. The number of rotatable bonds is 6. The normalized spacial score (nSPS) is 24.1. The van der Waals surface area contributed by atoms with Crippen LogP contribution in [0.3, 0.4) is 0 Å². The van der Waals surface area contributed by atoms with Gasteiger partial charge >= 0.3 is 0 Å². The summed E-state index contributed by atoms with van der Waals surface area (Å²) in [5.41, 5.74) is 1.30. The summed E-state index contributed by atoms with van der Waals surface area (Å²) in [6.07, 6.45) is 2.23. The van der Waals surface area contributed by atoms with Crippen molar-refractivity contribution in [1.82, 2.24) is 15.1 Å². The molecule has 1 aromatic rings. The lowest BCUT2D eigenvalue weighted by molar-refractivity contribution is -0.147. The largest absolute Gasteiger partial charge is 0.491 e. The summed E-state index contributed by atoms with van der Waals surface area (Å²) in [4.78, 5) is 52.4. The van der Waals surface area contributed by atoms with E-state index in [0.717, 1.165) is 24.8 Å². The number of hydrogen-bond acceptors (Lipinski definition) is 6.